The number of carbonyl (C=O) groups is 2. The minimum absolute atomic E-state index is 0.0242. The number of thiophene rings is 1. The molecule has 0 radical (unpaired) electrons. The Morgan fingerprint density at radius 2 is 1.92 bits per heavy atom. The number of hydrogen-bond acceptors (Lipinski definition) is 4. The van der Waals surface area contributed by atoms with Crippen molar-refractivity contribution < 1.29 is 14.3 Å². The SMILES string of the molecule is CCN(Cc1ccc(Cl)s1)C(=O)Nc1cccc(NC(=O)COC)c1. The van der Waals surface area contributed by atoms with Crippen molar-refractivity contribution in [1.29, 1.82) is 0 Å². The van der Waals surface area contributed by atoms with Crippen LogP contribution in [0, 0.1) is 0 Å². The largest absolute Gasteiger partial charge is 0.375 e. The van der Waals surface area contributed by atoms with Gasteiger partial charge < -0.3 is 20.3 Å². The minimum atomic E-state index is -0.254. The summed E-state index contributed by atoms with van der Waals surface area (Å²) in [4.78, 5) is 26.7. The number of ether oxygens (including phenoxy) is 1. The highest BCUT2D eigenvalue weighted by molar-refractivity contribution is 7.16. The van der Waals surface area contributed by atoms with Gasteiger partial charge in [-0.25, -0.2) is 4.79 Å². The molecule has 2 aromatic rings. The fourth-order valence-electron chi connectivity index (χ4n) is 2.16. The number of benzene rings is 1. The Morgan fingerprint density at radius 3 is 2.52 bits per heavy atom. The van der Waals surface area contributed by atoms with Gasteiger partial charge in [-0.1, -0.05) is 17.7 Å². The van der Waals surface area contributed by atoms with Crippen LogP contribution < -0.4 is 10.6 Å². The molecule has 0 atom stereocenters. The second-order valence-electron chi connectivity index (χ2n) is 5.21. The predicted octanol–water partition coefficient (Wildman–Crippen LogP) is 4.04. The van der Waals surface area contributed by atoms with E-state index in [2.05, 4.69) is 10.6 Å². The van der Waals surface area contributed by atoms with Crippen LogP contribution in [0.1, 0.15) is 11.8 Å². The third-order valence-electron chi connectivity index (χ3n) is 3.32. The standard InChI is InChI=1S/C17H20ClN3O3S/c1-3-21(10-14-7-8-15(18)25-14)17(23)20-13-6-4-5-12(9-13)19-16(22)11-24-2/h4-9H,3,10-11H2,1-2H3,(H,19,22)(H,20,23). The van der Waals surface area contributed by atoms with Crippen LogP contribution in [0.15, 0.2) is 36.4 Å². The molecule has 1 aromatic carbocycles. The van der Waals surface area contributed by atoms with Crippen molar-refractivity contribution in [2.75, 3.05) is 30.9 Å². The van der Waals surface area contributed by atoms with Gasteiger partial charge in [0.1, 0.15) is 6.61 Å². The molecule has 25 heavy (non-hydrogen) atoms. The summed E-state index contributed by atoms with van der Waals surface area (Å²) in [5.41, 5.74) is 1.19. The molecule has 0 spiro atoms. The first-order valence-electron chi connectivity index (χ1n) is 7.70. The first-order chi connectivity index (χ1) is 12.0. The smallest absolute Gasteiger partial charge is 0.322 e. The van der Waals surface area contributed by atoms with Crippen molar-refractivity contribution in [3.63, 3.8) is 0 Å². The monoisotopic (exact) mass is 381 g/mol. The number of rotatable bonds is 7. The van der Waals surface area contributed by atoms with Crippen LogP contribution in [0.2, 0.25) is 4.34 Å². The van der Waals surface area contributed by atoms with Crippen molar-refractivity contribution in [2.24, 2.45) is 0 Å². The van der Waals surface area contributed by atoms with E-state index in [1.165, 1.54) is 18.4 Å². The molecule has 6 nitrogen and oxygen atoms in total. The molecule has 2 N–H and O–H groups in total. The Hall–Kier alpha value is -2.09. The number of halogens is 1. The zero-order valence-electron chi connectivity index (χ0n) is 14.0. The van der Waals surface area contributed by atoms with Crippen molar-refractivity contribution in [3.05, 3.63) is 45.6 Å². The molecule has 0 saturated carbocycles. The van der Waals surface area contributed by atoms with Crippen molar-refractivity contribution in [1.82, 2.24) is 4.90 Å². The lowest BCUT2D eigenvalue weighted by atomic mass is 10.2. The fourth-order valence-corrected chi connectivity index (χ4v) is 3.26. The van der Waals surface area contributed by atoms with Gasteiger partial charge in [-0.15, -0.1) is 11.3 Å². The van der Waals surface area contributed by atoms with Crippen LogP contribution in [0.5, 0.6) is 0 Å². The quantitative estimate of drug-likeness (QED) is 0.760. The molecule has 0 fully saturated rings. The predicted molar refractivity (Wildman–Crippen MR) is 101 cm³/mol. The zero-order chi connectivity index (χ0) is 18.2. The summed E-state index contributed by atoms with van der Waals surface area (Å²) in [6, 6.07) is 10.5. The number of methoxy groups -OCH3 is 1. The highest BCUT2D eigenvalue weighted by Crippen LogP contribution is 2.23. The molecular formula is C17H20ClN3O3S. The number of hydrogen-bond donors (Lipinski definition) is 2. The Kier molecular flexibility index (Phi) is 7.24. The van der Waals surface area contributed by atoms with Crippen molar-refractivity contribution >= 4 is 46.3 Å². The minimum Gasteiger partial charge on any atom is -0.375 e. The molecule has 134 valence electrons. The van der Waals surface area contributed by atoms with Gasteiger partial charge in [-0.3, -0.25) is 4.79 Å². The van der Waals surface area contributed by atoms with E-state index in [0.29, 0.717) is 28.8 Å². The van der Waals surface area contributed by atoms with Gasteiger partial charge in [0.2, 0.25) is 5.91 Å². The molecule has 1 heterocycles. The molecule has 0 unspecified atom stereocenters. The third kappa shape index (κ3) is 6.04. The second-order valence-corrected chi connectivity index (χ2v) is 7.01. The van der Waals surface area contributed by atoms with Gasteiger partial charge >= 0.3 is 6.03 Å². The van der Waals surface area contributed by atoms with Crippen LogP contribution in [0.25, 0.3) is 0 Å². The van der Waals surface area contributed by atoms with Crippen LogP contribution in [0.3, 0.4) is 0 Å². The summed E-state index contributed by atoms with van der Waals surface area (Å²) < 4.78 is 5.48. The zero-order valence-corrected chi connectivity index (χ0v) is 15.6. The number of carbonyl (C=O) groups excluding carboxylic acids is 2. The van der Waals surface area contributed by atoms with E-state index >= 15 is 0 Å². The van der Waals surface area contributed by atoms with E-state index in [0.717, 1.165) is 4.88 Å². The lowest BCUT2D eigenvalue weighted by Crippen LogP contribution is -2.34. The van der Waals surface area contributed by atoms with Gasteiger partial charge in [-0.2, -0.15) is 0 Å². The van der Waals surface area contributed by atoms with Crippen LogP contribution >= 0.6 is 22.9 Å². The summed E-state index contributed by atoms with van der Waals surface area (Å²) in [5, 5.41) is 5.54. The van der Waals surface area contributed by atoms with E-state index < -0.39 is 0 Å². The highest BCUT2D eigenvalue weighted by Gasteiger charge is 2.14. The summed E-state index contributed by atoms with van der Waals surface area (Å²) in [6.07, 6.45) is 0. The Balaban J connectivity index is 1.99. The van der Waals surface area contributed by atoms with Gasteiger partial charge in [0.05, 0.1) is 10.9 Å². The van der Waals surface area contributed by atoms with Gasteiger partial charge in [0.25, 0.3) is 0 Å². The summed E-state index contributed by atoms with van der Waals surface area (Å²) in [5.74, 6) is -0.254. The van der Waals surface area contributed by atoms with E-state index in [9.17, 15) is 9.59 Å². The molecule has 0 aliphatic heterocycles. The summed E-state index contributed by atoms with van der Waals surface area (Å²) >= 11 is 7.39. The molecule has 2 rings (SSSR count). The van der Waals surface area contributed by atoms with Crippen LogP contribution in [0.4, 0.5) is 16.2 Å². The number of nitrogens with zero attached hydrogens (tertiary/aromatic N) is 1. The van der Waals surface area contributed by atoms with E-state index in [-0.39, 0.29) is 18.5 Å². The fraction of sp³-hybridized carbons (Fsp3) is 0.294. The number of anilines is 2. The molecule has 1 aromatic heterocycles. The lowest BCUT2D eigenvalue weighted by molar-refractivity contribution is -0.119. The number of amides is 3. The van der Waals surface area contributed by atoms with E-state index in [4.69, 9.17) is 16.3 Å². The lowest BCUT2D eigenvalue weighted by Gasteiger charge is -2.21. The molecule has 8 heteroatoms. The Morgan fingerprint density at radius 1 is 1.20 bits per heavy atom. The topological polar surface area (TPSA) is 70.7 Å². The first kappa shape index (κ1) is 19.2. The molecular weight excluding hydrogens is 362 g/mol. The maximum Gasteiger partial charge on any atom is 0.322 e. The average molecular weight is 382 g/mol. The van der Waals surface area contributed by atoms with Crippen molar-refractivity contribution in [2.45, 2.75) is 13.5 Å². The maximum absolute atomic E-state index is 12.5. The van der Waals surface area contributed by atoms with E-state index in [1.807, 2.05) is 19.1 Å². The van der Waals surface area contributed by atoms with Crippen molar-refractivity contribution in [3.8, 4) is 0 Å². The van der Waals surface area contributed by atoms with E-state index in [1.54, 1.807) is 29.2 Å². The van der Waals surface area contributed by atoms with Gasteiger partial charge in [-0.05, 0) is 37.3 Å². The van der Waals surface area contributed by atoms with Crippen LogP contribution in [-0.2, 0) is 16.1 Å². The Bertz CT molecular complexity index is 735. The number of urea groups is 1. The van der Waals surface area contributed by atoms with Gasteiger partial charge in [0, 0.05) is 29.9 Å². The first-order valence-corrected chi connectivity index (χ1v) is 8.90. The summed E-state index contributed by atoms with van der Waals surface area (Å²) in [7, 11) is 1.45. The maximum atomic E-state index is 12.5. The molecule has 3 amide bonds. The molecule has 0 saturated heterocycles. The average Bonchev–Trinajstić information content (AvgIpc) is 2.98. The van der Waals surface area contributed by atoms with Gasteiger partial charge in [0.15, 0.2) is 0 Å². The molecule has 0 aliphatic carbocycles. The number of nitrogens with one attached hydrogen (secondary N) is 2. The summed E-state index contributed by atoms with van der Waals surface area (Å²) in [6.45, 7) is 2.94. The highest BCUT2D eigenvalue weighted by atomic mass is 35.5. The third-order valence-corrected chi connectivity index (χ3v) is 4.53. The Labute approximate surface area is 155 Å². The molecule has 0 aliphatic rings. The van der Waals surface area contributed by atoms with Crippen LogP contribution in [-0.4, -0.2) is 37.1 Å². The normalized spacial score (nSPS) is 10.4. The second kappa shape index (κ2) is 9.41. The molecule has 0 bridgehead atoms.